The molecule has 10 heteroatoms. The maximum absolute atomic E-state index is 12.2. The molecule has 3 heterocycles. The van der Waals surface area contributed by atoms with Crippen molar-refractivity contribution in [2.75, 3.05) is 43.9 Å². The van der Waals surface area contributed by atoms with Crippen LogP contribution in [0.1, 0.15) is 25.7 Å². The van der Waals surface area contributed by atoms with Crippen LogP contribution in [0.3, 0.4) is 0 Å². The van der Waals surface area contributed by atoms with E-state index in [4.69, 9.17) is 0 Å². The number of nitrogens with one attached hydrogen (secondary N) is 2. The van der Waals surface area contributed by atoms with Gasteiger partial charge in [-0.25, -0.2) is 27.5 Å². The van der Waals surface area contributed by atoms with Crippen LogP contribution in [0.15, 0.2) is 18.5 Å². The van der Waals surface area contributed by atoms with Crippen molar-refractivity contribution in [2.45, 2.75) is 31.7 Å². The van der Waals surface area contributed by atoms with E-state index in [0.29, 0.717) is 38.0 Å². The Morgan fingerprint density at radius 3 is 2.56 bits per heavy atom. The fraction of sp³-hybridized carbons (Fsp3) is 0.706. The third-order valence-corrected chi connectivity index (χ3v) is 6.49. The highest BCUT2D eigenvalue weighted by molar-refractivity contribution is 7.88. The first-order valence-corrected chi connectivity index (χ1v) is 11.3. The molecule has 1 aromatic rings. The quantitative estimate of drug-likeness (QED) is 0.747. The number of rotatable bonds is 5. The summed E-state index contributed by atoms with van der Waals surface area (Å²) in [7, 11) is -3.11. The van der Waals surface area contributed by atoms with Crippen molar-refractivity contribution < 1.29 is 13.2 Å². The van der Waals surface area contributed by atoms with E-state index in [1.165, 1.54) is 10.6 Å². The van der Waals surface area contributed by atoms with Crippen LogP contribution in [0, 0.1) is 5.92 Å². The number of hydrogen-bond donors (Lipinski definition) is 2. The molecule has 1 atom stereocenters. The summed E-state index contributed by atoms with van der Waals surface area (Å²) in [6.45, 7) is 3.22. The second-order valence-corrected chi connectivity index (χ2v) is 9.28. The lowest BCUT2D eigenvalue weighted by Crippen LogP contribution is -2.51. The number of hydrogen-bond acceptors (Lipinski definition) is 6. The topological polar surface area (TPSA) is 108 Å². The van der Waals surface area contributed by atoms with Crippen LogP contribution >= 0.6 is 0 Å². The SMILES string of the molecule is CS(=O)(=O)N1CCC(CNC(=O)NC2CCCN(c3ncccn3)C2)CC1. The minimum atomic E-state index is -3.11. The van der Waals surface area contributed by atoms with Gasteiger partial charge in [-0.05, 0) is 37.7 Å². The van der Waals surface area contributed by atoms with Crippen molar-refractivity contribution in [3.05, 3.63) is 18.5 Å². The van der Waals surface area contributed by atoms with Crippen LogP contribution in [0.5, 0.6) is 0 Å². The van der Waals surface area contributed by atoms with Gasteiger partial charge in [-0.15, -0.1) is 0 Å². The molecule has 2 saturated heterocycles. The first-order valence-electron chi connectivity index (χ1n) is 9.43. The minimum Gasteiger partial charge on any atom is -0.339 e. The van der Waals surface area contributed by atoms with Crippen molar-refractivity contribution in [2.24, 2.45) is 5.92 Å². The summed E-state index contributed by atoms with van der Waals surface area (Å²) in [6.07, 6.45) is 8.15. The standard InChI is InChI=1S/C17H28N6O3S/c1-27(25,26)23-10-5-14(6-11-23)12-20-17(24)21-15-4-2-9-22(13-15)16-18-7-3-8-19-16/h3,7-8,14-15H,2,4-6,9-13H2,1H3,(H2,20,21,24). The number of urea groups is 1. The predicted molar refractivity (Wildman–Crippen MR) is 103 cm³/mol. The molecular formula is C17H28N6O3S. The third kappa shape index (κ3) is 5.77. The number of carbonyl (C=O) groups excluding carboxylic acids is 1. The number of sulfonamides is 1. The molecule has 2 fully saturated rings. The number of anilines is 1. The zero-order valence-corrected chi connectivity index (χ0v) is 16.5. The summed E-state index contributed by atoms with van der Waals surface area (Å²) >= 11 is 0. The summed E-state index contributed by atoms with van der Waals surface area (Å²) in [6, 6.07) is 1.69. The Balaban J connectivity index is 1.39. The smallest absolute Gasteiger partial charge is 0.315 e. The Kier molecular flexibility index (Phi) is 6.48. The fourth-order valence-electron chi connectivity index (χ4n) is 3.65. The Bertz CT molecular complexity index is 721. The zero-order chi connectivity index (χ0) is 19.3. The Morgan fingerprint density at radius 1 is 1.19 bits per heavy atom. The summed E-state index contributed by atoms with van der Waals surface area (Å²) in [5.41, 5.74) is 0. The molecule has 0 bridgehead atoms. The highest BCUT2D eigenvalue weighted by atomic mass is 32.2. The van der Waals surface area contributed by atoms with Gasteiger partial charge >= 0.3 is 6.03 Å². The molecule has 9 nitrogen and oxygen atoms in total. The molecule has 0 aromatic carbocycles. The average Bonchev–Trinajstić information content (AvgIpc) is 2.67. The molecule has 0 spiro atoms. The molecule has 27 heavy (non-hydrogen) atoms. The molecule has 2 aliphatic heterocycles. The largest absolute Gasteiger partial charge is 0.339 e. The molecule has 2 N–H and O–H groups in total. The maximum Gasteiger partial charge on any atom is 0.315 e. The van der Waals surface area contributed by atoms with Gasteiger partial charge in [-0.2, -0.15) is 0 Å². The molecule has 2 amide bonds. The maximum atomic E-state index is 12.2. The van der Waals surface area contributed by atoms with Crippen LogP contribution in [0.25, 0.3) is 0 Å². The lowest BCUT2D eigenvalue weighted by molar-refractivity contribution is 0.226. The number of nitrogens with zero attached hydrogens (tertiary/aromatic N) is 4. The molecule has 1 unspecified atom stereocenters. The van der Waals surface area contributed by atoms with E-state index >= 15 is 0 Å². The first kappa shape index (κ1) is 19.8. The molecule has 150 valence electrons. The van der Waals surface area contributed by atoms with Crippen LogP contribution in [0.2, 0.25) is 0 Å². The van der Waals surface area contributed by atoms with E-state index in [9.17, 15) is 13.2 Å². The van der Waals surface area contributed by atoms with E-state index in [1.807, 2.05) is 0 Å². The highest BCUT2D eigenvalue weighted by Gasteiger charge is 2.26. The average molecular weight is 397 g/mol. The molecule has 3 rings (SSSR count). The summed E-state index contributed by atoms with van der Waals surface area (Å²) in [5, 5.41) is 5.98. The summed E-state index contributed by atoms with van der Waals surface area (Å²) in [5.74, 6) is 1.01. The van der Waals surface area contributed by atoms with E-state index in [-0.39, 0.29) is 12.1 Å². The van der Waals surface area contributed by atoms with E-state index in [2.05, 4.69) is 25.5 Å². The van der Waals surface area contributed by atoms with Gasteiger partial charge in [0.2, 0.25) is 16.0 Å². The Hall–Kier alpha value is -1.94. The van der Waals surface area contributed by atoms with Gasteiger partial charge in [0.05, 0.1) is 6.26 Å². The van der Waals surface area contributed by atoms with E-state index < -0.39 is 10.0 Å². The van der Waals surface area contributed by atoms with Gasteiger partial charge in [-0.3, -0.25) is 0 Å². The van der Waals surface area contributed by atoms with Gasteiger partial charge in [0.25, 0.3) is 0 Å². The van der Waals surface area contributed by atoms with Crippen LogP contribution < -0.4 is 15.5 Å². The van der Waals surface area contributed by atoms with E-state index in [1.54, 1.807) is 18.5 Å². The van der Waals surface area contributed by atoms with Gasteiger partial charge in [-0.1, -0.05) is 0 Å². The van der Waals surface area contributed by atoms with Crippen LogP contribution in [-0.4, -0.2) is 73.7 Å². The van der Waals surface area contributed by atoms with Gasteiger partial charge in [0, 0.05) is 51.2 Å². The fourth-order valence-corrected chi connectivity index (χ4v) is 4.52. The van der Waals surface area contributed by atoms with Gasteiger partial charge in [0.1, 0.15) is 0 Å². The number of aromatic nitrogens is 2. The monoisotopic (exact) mass is 396 g/mol. The van der Waals surface area contributed by atoms with Crippen molar-refractivity contribution in [1.82, 2.24) is 24.9 Å². The normalized spacial score (nSPS) is 22.4. The van der Waals surface area contributed by atoms with Gasteiger partial charge < -0.3 is 15.5 Å². The number of carbonyl (C=O) groups is 1. The van der Waals surface area contributed by atoms with Crippen LogP contribution in [0.4, 0.5) is 10.7 Å². The molecule has 0 saturated carbocycles. The molecule has 1 aromatic heterocycles. The lowest BCUT2D eigenvalue weighted by Gasteiger charge is -2.33. The third-order valence-electron chi connectivity index (χ3n) is 5.19. The van der Waals surface area contributed by atoms with Crippen molar-refractivity contribution in [1.29, 1.82) is 0 Å². The Morgan fingerprint density at radius 2 is 1.89 bits per heavy atom. The summed E-state index contributed by atoms with van der Waals surface area (Å²) < 4.78 is 24.6. The number of piperidine rings is 2. The second kappa shape index (κ2) is 8.83. The Labute approximate surface area is 160 Å². The minimum absolute atomic E-state index is 0.0645. The molecular weight excluding hydrogens is 368 g/mol. The first-order chi connectivity index (χ1) is 12.9. The molecule has 0 aliphatic carbocycles. The molecule has 0 radical (unpaired) electrons. The van der Waals surface area contributed by atoms with Crippen LogP contribution in [-0.2, 0) is 10.0 Å². The van der Waals surface area contributed by atoms with Crippen molar-refractivity contribution in [3.8, 4) is 0 Å². The summed E-state index contributed by atoms with van der Waals surface area (Å²) in [4.78, 5) is 22.9. The second-order valence-electron chi connectivity index (χ2n) is 7.29. The zero-order valence-electron chi connectivity index (χ0n) is 15.7. The highest BCUT2D eigenvalue weighted by Crippen LogP contribution is 2.18. The van der Waals surface area contributed by atoms with Gasteiger partial charge in [0.15, 0.2) is 0 Å². The van der Waals surface area contributed by atoms with Crippen molar-refractivity contribution in [3.63, 3.8) is 0 Å². The van der Waals surface area contributed by atoms with E-state index in [0.717, 1.165) is 32.2 Å². The lowest BCUT2D eigenvalue weighted by atomic mass is 9.98. The van der Waals surface area contributed by atoms with Crippen molar-refractivity contribution >= 4 is 22.0 Å². The number of amides is 2. The predicted octanol–water partition coefficient (Wildman–Crippen LogP) is 0.416. The molecule has 2 aliphatic rings.